The van der Waals surface area contributed by atoms with Crippen LogP contribution in [0.4, 0.5) is 10.1 Å². The van der Waals surface area contributed by atoms with Gasteiger partial charge < -0.3 is 5.73 Å². The summed E-state index contributed by atoms with van der Waals surface area (Å²) in [4.78, 5) is -0.132. The fraction of sp³-hybridized carbons (Fsp3) is 0.200. The molecule has 0 amide bonds. The van der Waals surface area contributed by atoms with Crippen LogP contribution in [0.2, 0.25) is 0 Å². The maximum atomic E-state index is 13.7. The Balaban J connectivity index is 2.52. The highest BCUT2D eigenvalue weighted by molar-refractivity contribution is 7.92. The first kappa shape index (κ1) is 15.5. The smallest absolute Gasteiger partial charge is 0.262 e. The Morgan fingerprint density at radius 2 is 1.67 bits per heavy atom. The minimum absolute atomic E-state index is 0.0174. The maximum Gasteiger partial charge on any atom is 0.262 e. The Bertz CT molecular complexity index is 753. The first-order valence-electron chi connectivity index (χ1n) is 6.43. The molecular formula is C15H17FN2O2S. The molecule has 0 bridgehead atoms. The summed E-state index contributed by atoms with van der Waals surface area (Å²) in [6.45, 7) is 3.43. The summed E-state index contributed by atoms with van der Waals surface area (Å²) in [5.41, 5.74) is 7.55. The third-order valence-corrected chi connectivity index (χ3v) is 4.72. The molecule has 21 heavy (non-hydrogen) atoms. The van der Waals surface area contributed by atoms with E-state index in [9.17, 15) is 12.8 Å². The number of nitrogens with one attached hydrogen (secondary N) is 1. The number of para-hydroxylation sites is 1. The molecule has 0 atom stereocenters. The fourth-order valence-corrected chi connectivity index (χ4v) is 3.62. The van der Waals surface area contributed by atoms with Gasteiger partial charge in [-0.1, -0.05) is 24.3 Å². The highest BCUT2D eigenvalue weighted by Crippen LogP contribution is 2.25. The van der Waals surface area contributed by atoms with E-state index in [2.05, 4.69) is 4.72 Å². The van der Waals surface area contributed by atoms with E-state index in [1.807, 2.05) is 6.07 Å². The molecule has 0 radical (unpaired) electrons. The van der Waals surface area contributed by atoms with Gasteiger partial charge in [-0.05, 0) is 37.1 Å². The Morgan fingerprint density at radius 3 is 2.24 bits per heavy atom. The van der Waals surface area contributed by atoms with Crippen LogP contribution in [0.3, 0.4) is 0 Å². The number of sulfonamides is 1. The van der Waals surface area contributed by atoms with Crippen LogP contribution >= 0.6 is 0 Å². The van der Waals surface area contributed by atoms with Crippen LogP contribution in [-0.4, -0.2) is 8.42 Å². The number of nitrogens with two attached hydrogens (primary N) is 1. The number of aryl methyl sites for hydroxylation is 2. The van der Waals surface area contributed by atoms with E-state index in [0.29, 0.717) is 5.69 Å². The second kappa shape index (κ2) is 5.83. The minimum Gasteiger partial charge on any atom is -0.326 e. The average molecular weight is 308 g/mol. The number of anilines is 1. The zero-order valence-corrected chi connectivity index (χ0v) is 12.7. The van der Waals surface area contributed by atoms with E-state index in [-0.39, 0.29) is 17.0 Å². The standard InChI is InChI=1S/C15H17FN2O2S/c1-10-5-3-6-11(2)15(10)18-21(19,20)14-8-4-7-13(16)12(14)9-17/h3-8,18H,9,17H2,1-2H3. The van der Waals surface area contributed by atoms with E-state index in [4.69, 9.17) is 5.73 Å². The summed E-state index contributed by atoms with van der Waals surface area (Å²) < 4.78 is 41.2. The van der Waals surface area contributed by atoms with Gasteiger partial charge in [0.05, 0.1) is 10.6 Å². The van der Waals surface area contributed by atoms with Gasteiger partial charge in [-0.2, -0.15) is 0 Å². The lowest BCUT2D eigenvalue weighted by atomic mass is 10.1. The first-order valence-corrected chi connectivity index (χ1v) is 7.91. The Kier molecular flexibility index (Phi) is 4.29. The predicted molar refractivity (Wildman–Crippen MR) is 81.0 cm³/mol. The number of halogens is 1. The molecule has 2 aromatic rings. The van der Waals surface area contributed by atoms with Crippen LogP contribution in [0.1, 0.15) is 16.7 Å². The molecule has 0 saturated heterocycles. The van der Waals surface area contributed by atoms with Gasteiger partial charge >= 0.3 is 0 Å². The topological polar surface area (TPSA) is 72.2 Å². The molecule has 3 N–H and O–H groups in total. The van der Waals surface area contributed by atoms with Crippen LogP contribution in [0.15, 0.2) is 41.3 Å². The highest BCUT2D eigenvalue weighted by atomic mass is 32.2. The van der Waals surface area contributed by atoms with Crippen molar-refractivity contribution in [1.82, 2.24) is 0 Å². The SMILES string of the molecule is Cc1cccc(C)c1NS(=O)(=O)c1cccc(F)c1CN. The monoisotopic (exact) mass is 308 g/mol. The summed E-state index contributed by atoms with van der Waals surface area (Å²) in [7, 11) is -3.89. The molecule has 0 aliphatic carbocycles. The van der Waals surface area contributed by atoms with Crippen molar-refractivity contribution >= 4 is 15.7 Å². The van der Waals surface area contributed by atoms with Crippen molar-refractivity contribution in [3.63, 3.8) is 0 Å². The highest BCUT2D eigenvalue weighted by Gasteiger charge is 2.21. The van der Waals surface area contributed by atoms with E-state index < -0.39 is 15.8 Å². The zero-order valence-electron chi connectivity index (χ0n) is 11.9. The maximum absolute atomic E-state index is 13.7. The molecule has 0 spiro atoms. The average Bonchev–Trinajstić information content (AvgIpc) is 2.43. The van der Waals surface area contributed by atoms with Gasteiger partial charge in [0, 0.05) is 12.1 Å². The number of rotatable bonds is 4. The molecule has 0 heterocycles. The molecule has 112 valence electrons. The van der Waals surface area contributed by atoms with Gasteiger partial charge in [0.2, 0.25) is 0 Å². The van der Waals surface area contributed by atoms with Crippen molar-refractivity contribution < 1.29 is 12.8 Å². The molecule has 4 nitrogen and oxygen atoms in total. The van der Waals surface area contributed by atoms with Crippen LogP contribution in [0, 0.1) is 19.7 Å². The van der Waals surface area contributed by atoms with Crippen molar-refractivity contribution in [1.29, 1.82) is 0 Å². The third kappa shape index (κ3) is 3.06. The summed E-state index contributed by atoms with van der Waals surface area (Å²) in [6.07, 6.45) is 0. The second-order valence-electron chi connectivity index (χ2n) is 4.79. The van der Waals surface area contributed by atoms with Crippen LogP contribution in [0.25, 0.3) is 0 Å². The minimum atomic E-state index is -3.89. The lowest BCUT2D eigenvalue weighted by Crippen LogP contribution is -2.18. The molecule has 0 fully saturated rings. The quantitative estimate of drug-likeness (QED) is 0.912. The largest absolute Gasteiger partial charge is 0.326 e. The second-order valence-corrected chi connectivity index (χ2v) is 6.44. The Morgan fingerprint density at radius 1 is 1.10 bits per heavy atom. The van der Waals surface area contributed by atoms with Gasteiger partial charge in [0.25, 0.3) is 10.0 Å². The van der Waals surface area contributed by atoms with E-state index in [1.54, 1.807) is 26.0 Å². The number of hydrogen-bond acceptors (Lipinski definition) is 3. The van der Waals surface area contributed by atoms with Crippen LogP contribution < -0.4 is 10.5 Å². The molecule has 0 aliphatic rings. The van der Waals surface area contributed by atoms with Crippen molar-refractivity contribution in [3.8, 4) is 0 Å². The van der Waals surface area contributed by atoms with Gasteiger partial charge in [0.15, 0.2) is 0 Å². The van der Waals surface area contributed by atoms with Crippen molar-refractivity contribution in [2.75, 3.05) is 4.72 Å². The molecule has 2 rings (SSSR count). The summed E-state index contributed by atoms with van der Waals surface area (Å²) in [5.74, 6) is -0.623. The summed E-state index contributed by atoms with van der Waals surface area (Å²) in [5, 5.41) is 0. The lowest BCUT2D eigenvalue weighted by Gasteiger charge is -2.15. The molecule has 0 aliphatic heterocycles. The number of benzene rings is 2. The first-order chi connectivity index (χ1) is 9.86. The predicted octanol–water partition coefficient (Wildman–Crippen LogP) is 2.70. The molecular weight excluding hydrogens is 291 g/mol. The molecule has 6 heteroatoms. The van der Waals surface area contributed by atoms with Gasteiger partial charge in [-0.25, -0.2) is 12.8 Å². The van der Waals surface area contributed by atoms with E-state index in [1.165, 1.54) is 18.2 Å². The zero-order chi connectivity index (χ0) is 15.6. The van der Waals surface area contributed by atoms with Crippen LogP contribution in [0.5, 0.6) is 0 Å². The van der Waals surface area contributed by atoms with Crippen molar-refractivity contribution in [2.24, 2.45) is 5.73 Å². The fourth-order valence-electron chi connectivity index (χ4n) is 2.15. The summed E-state index contributed by atoms with van der Waals surface area (Å²) in [6, 6.07) is 9.35. The van der Waals surface area contributed by atoms with E-state index in [0.717, 1.165) is 11.1 Å². The third-order valence-electron chi connectivity index (χ3n) is 3.29. The molecule has 2 aromatic carbocycles. The van der Waals surface area contributed by atoms with Gasteiger partial charge in [-0.3, -0.25) is 4.72 Å². The Hall–Kier alpha value is -1.92. The van der Waals surface area contributed by atoms with Crippen molar-refractivity contribution in [3.05, 3.63) is 58.9 Å². The number of hydrogen-bond donors (Lipinski definition) is 2. The molecule has 0 unspecified atom stereocenters. The van der Waals surface area contributed by atoms with Crippen molar-refractivity contribution in [2.45, 2.75) is 25.3 Å². The normalized spacial score (nSPS) is 11.4. The molecule has 0 saturated carbocycles. The molecule has 0 aromatic heterocycles. The lowest BCUT2D eigenvalue weighted by molar-refractivity contribution is 0.585. The Labute approximate surface area is 123 Å². The summed E-state index contributed by atoms with van der Waals surface area (Å²) >= 11 is 0. The van der Waals surface area contributed by atoms with E-state index >= 15 is 0 Å². The van der Waals surface area contributed by atoms with Gasteiger partial charge in [0.1, 0.15) is 5.82 Å². The van der Waals surface area contributed by atoms with Crippen LogP contribution in [-0.2, 0) is 16.6 Å². The van der Waals surface area contributed by atoms with Gasteiger partial charge in [-0.15, -0.1) is 0 Å².